The Hall–Kier alpha value is -0.440. The summed E-state index contributed by atoms with van der Waals surface area (Å²) < 4.78 is 5.91. The summed E-state index contributed by atoms with van der Waals surface area (Å²) in [6.07, 6.45) is 3.81. The monoisotopic (exact) mass is 287 g/mol. The molecule has 1 aromatic rings. The maximum absolute atomic E-state index is 6.07. The molecule has 0 spiro atoms. The van der Waals surface area contributed by atoms with Crippen molar-refractivity contribution in [2.45, 2.75) is 25.2 Å². The first-order valence-electron chi connectivity index (χ1n) is 6.40. The number of benzene rings is 1. The summed E-state index contributed by atoms with van der Waals surface area (Å²) in [5, 5.41) is 0.793. The quantitative estimate of drug-likeness (QED) is 0.898. The van der Waals surface area contributed by atoms with Gasteiger partial charge < -0.3 is 10.5 Å². The van der Waals surface area contributed by atoms with Gasteiger partial charge >= 0.3 is 0 Å². The van der Waals surface area contributed by atoms with Gasteiger partial charge in [0, 0.05) is 5.02 Å². The van der Waals surface area contributed by atoms with Crippen LogP contribution in [0.5, 0.6) is 5.75 Å². The summed E-state index contributed by atoms with van der Waals surface area (Å²) in [7, 11) is 0. The molecular weight excluding hydrogens is 269 g/mol. The number of nitrogens with two attached hydrogens (primary N) is 1. The van der Waals surface area contributed by atoms with Gasteiger partial charge in [0.2, 0.25) is 0 Å². The van der Waals surface area contributed by atoms with Crippen molar-refractivity contribution in [1.82, 2.24) is 0 Å². The SMILES string of the molecule is Cl.NC[C@@H]1C[C@H]1c1cc(Cl)ccc1OCC1CC1. The zero-order valence-corrected chi connectivity index (χ0v) is 11.8. The second kappa shape index (κ2) is 5.68. The van der Waals surface area contributed by atoms with E-state index in [-0.39, 0.29) is 12.4 Å². The van der Waals surface area contributed by atoms with Crippen LogP contribution in [0.2, 0.25) is 5.02 Å². The fourth-order valence-electron chi connectivity index (χ4n) is 2.32. The van der Waals surface area contributed by atoms with Crippen LogP contribution in [0.1, 0.15) is 30.7 Å². The molecule has 0 unspecified atom stereocenters. The third-order valence-electron chi connectivity index (χ3n) is 3.77. The van der Waals surface area contributed by atoms with Crippen LogP contribution in [0.25, 0.3) is 0 Å². The van der Waals surface area contributed by atoms with Gasteiger partial charge in [0.1, 0.15) is 5.75 Å². The maximum atomic E-state index is 6.07. The predicted molar refractivity (Wildman–Crippen MR) is 76.8 cm³/mol. The molecule has 2 aliphatic rings. The minimum absolute atomic E-state index is 0. The van der Waals surface area contributed by atoms with Gasteiger partial charge in [-0.3, -0.25) is 0 Å². The third kappa shape index (κ3) is 3.11. The van der Waals surface area contributed by atoms with Crippen molar-refractivity contribution in [3.8, 4) is 5.75 Å². The first kappa shape index (κ1) is 14.0. The molecule has 0 amide bonds. The highest BCUT2D eigenvalue weighted by atomic mass is 35.5. The lowest BCUT2D eigenvalue weighted by molar-refractivity contribution is 0.296. The van der Waals surface area contributed by atoms with E-state index < -0.39 is 0 Å². The Balaban J connectivity index is 0.00000120. The minimum atomic E-state index is 0. The van der Waals surface area contributed by atoms with E-state index in [0.717, 1.165) is 29.8 Å². The molecule has 2 fully saturated rings. The van der Waals surface area contributed by atoms with Crippen molar-refractivity contribution in [3.63, 3.8) is 0 Å². The number of ether oxygens (including phenoxy) is 1. The van der Waals surface area contributed by atoms with Gasteiger partial charge in [-0.25, -0.2) is 0 Å². The van der Waals surface area contributed by atoms with Gasteiger partial charge in [-0.1, -0.05) is 11.6 Å². The molecule has 2 aliphatic carbocycles. The highest BCUT2D eigenvalue weighted by Crippen LogP contribution is 2.50. The van der Waals surface area contributed by atoms with E-state index in [1.807, 2.05) is 18.2 Å². The van der Waals surface area contributed by atoms with Crippen LogP contribution in [0.15, 0.2) is 18.2 Å². The highest BCUT2D eigenvalue weighted by Gasteiger charge is 2.39. The Kier molecular flexibility index (Phi) is 4.41. The van der Waals surface area contributed by atoms with Crippen molar-refractivity contribution >= 4 is 24.0 Å². The van der Waals surface area contributed by atoms with Crippen LogP contribution in [0, 0.1) is 11.8 Å². The van der Waals surface area contributed by atoms with Gasteiger partial charge in [0.05, 0.1) is 6.61 Å². The molecule has 18 heavy (non-hydrogen) atoms. The average molecular weight is 288 g/mol. The molecule has 0 aromatic heterocycles. The summed E-state index contributed by atoms with van der Waals surface area (Å²) >= 11 is 6.07. The van der Waals surface area contributed by atoms with Gasteiger partial charge in [0.25, 0.3) is 0 Å². The molecule has 0 bridgehead atoms. The zero-order chi connectivity index (χ0) is 11.8. The average Bonchev–Trinajstić information content (AvgIpc) is 3.21. The summed E-state index contributed by atoms with van der Waals surface area (Å²) in [5.74, 6) is 2.98. The maximum Gasteiger partial charge on any atom is 0.122 e. The van der Waals surface area contributed by atoms with Crippen molar-refractivity contribution < 1.29 is 4.74 Å². The lowest BCUT2D eigenvalue weighted by atomic mass is 10.1. The van der Waals surface area contributed by atoms with E-state index in [2.05, 4.69) is 0 Å². The van der Waals surface area contributed by atoms with Crippen LogP contribution in [-0.4, -0.2) is 13.2 Å². The molecule has 0 radical (unpaired) electrons. The molecule has 0 aliphatic heterocycles. The highest BCUT2D eigenvalue weighted by molar-refractivity contribution is 6.30. The van der Waals surface area contributed by atoms with Gasteiger partial charge in [-0.2, -0.15) is 0 Å². The summed E-state index contributed by atoms with van der Waals surface area (Å²) in [4.78, 5) is 0. The first-order chi connectivity index (χ1) is 8.28. The number of halogens is 2. The molecule has 2 saturated carbocycles. The normalized spacial score (nSPS) is 25.4. The third-order valence-corrected chi connectivity index (χ3v) is 4.00. The Bertz CT molecular complexity index is 420. The fraction of sp³-hybridized carbons (Fsp3) is 0.571. The minimum Gasteiger partial charge on any atom is -0.493 e. The molecule has 2 nitrogen and oxygen atoms in total. The van der Waals surface area contributed by atoms with Crippen molar-refractivity contribution in [2.75, 3.05) is 13.2 Å². The first-order valence-corrected chi connectivity index (χ1v) is 6.78. The number of hydrogen-bond acceptors (Lipinski definition) is 2. The molecule has 1 aromatic carbocycles. The molecular formula is C14H19Cl2NO. The van der Waals surface area contributed by atoms with E-state index in [9.17, 15) is 0 Å². The van der Waals surface area contributed by atoms with Crippen LogP contribution < -0.4 is 10.5 Å². The lowest BCUT2D eigenvalue weighted by Gasteiger charge is -2.11. The molecule has 100 valence electrons. The zero-order valence-electron chi connectivity index (χ0n) is 10.3. The Morgan fingerprint density at radius 2 is 2.11 bits per heavy atom. The molecule has 0 saturated heterocycles. The molecule has 0 heterocycles. The molecule has 2 atom stereocenters. The van der Waals surface area contributed by atoms with E-state index in [1.54, 1.807) is 0 Å². The molecule has 3 rings (SSSR count). The largest absolute Gasteiger partial charge is 0.493 e. The topological polar surface area (TPSA) is 35.2 Å². The van der Waals surface area contributed by atoms with Crippen molar-refractivity contribution in [1.29, 1.82) is 0 Å². The summed E-state index contributed by atoms with van der Waals surface area (Å²) in [5.41, 5.74) is 6.97. The fourth-order valence-corrected chi connectivity index (χ4v) is 2.50. The predicted octanol–water partition coefficient (Wildman–Crippen LogP) is 3.61. The molecule has 4 heteroatoms. The van der Waals surface area contributed by atoms with E-state index >= 15 is 0 Å². The molecule has 2 N–H and O–H groups in total. The van der Waals surface area contributed by atoms with Gasteiger partial charge in [0.15, 0.2) is 0 Å². The van der Waals surface area contributed by atoms with Crippen molar-refractivity contribution in [3.05, 3.63) is 28.8 Å². The summed E-state index contributed by atoms with van der Waals surface area (Å²) in [6.45, 7) is 1.62. The van der Waals surface area contributed by atoms with E-state index in [0.29, 0.717) is 11.8 Å². The smallest absolute Gasteiger partial charge is 0.122 e. The second-order valence-corrected chi connectivity index (χ2v) is 5.71. The number of rotatable bonds is 5. The van der Waals surface area contributed by atoms with Gasteiger partial charge in [-0.15, -0.1) is 12.4 Å². The Labute approximate surface area is 119 Å². The standard InChI is InChI=1S/C14H18ClNO.ClH/c15-11-3-4-14(17-8-9-1-2-9)13(6-11)12-5-10(12)7-16;/h3-4,6,9-10,12H,1-2,5,7-8,16H2;1H/t10-,12+;/m0./s1. The number of hydrogen-bond donors (Lipinski definition) is 1. The van der Waals surface area contributed by atoms with Crippen LogP contribution in [0.4, 0.5) is 0 Å². The summed E-state index contributed by atoms with van der Waals surface area (Å²) in [6, 6.07) is 5.96. The van der Waals surface area contributed by atoms with E-state index in [1.165, 1.54) is 24.8 Å². The van der Waals surface area contributed by atoms with Crippen LogP contribution >= 0.6 is 24.0 Å². The second-order valence-electron chi connectivity index (χ2n) is 5.27. The van der Waals surface area contributed by atoms with Gasteiger partial charge in [-0.05, 0) is 67.3 Å². The Morgan fingerprint density at radius 1 is 1.33 bits per heavy atom. The van der Waals surface area contributed by atoms with Crippen LogP contribution in [-0.2, 0) is 0 Å². The van der Waals surface area contributed by atoms with Crippen LogP contribution in [0.3, 0.4) is 0 Å². The van der Waals surface area contributed by atoms with E-state index in [4.69, 9.17) is 22.1 Å². The van der Waals surface area contributed by atoms with Crippen molar-refractivity contribution in [2.24, 2.45) is 17.6 Å². The Morgan fingerprint density at radius 3 is 2.72 bits per heavy atom. The lowest BCUT2D eigenvalue weighted by Crippen LogP contribution is -2.04.